The third-order valence-corrected chi connectivity index (χ3v) is 7.59. The number of rotatable bonds is 9. The fourth-order valence-corrected chi connectivity index (χ4v) is 5.47. The lowest BCUT2D eigenvalue weighted by atomic mass is 9.81. The predicted octanol–water partition coefficient (Wildman–Crippen LogP) is 4.02. The summed E-state index contributed by atoms with van der Waals surface area (Å²) in [6, 6.07) is 1.51. The van der Waals surface area contributed by atoms with Crippen molar-refractivity contribution in [3.63, 3.8) is 0 Å². The van der Waals surface area contributed by atoms with Gasteiger partial charge in [0.2, 0.25) is 0 Å². The van der Waals surface area contributed by atoms with Gasteiger partial charge in [0, 0.05) is 43.0 Å². The molecular formula is C23H30F4N4O4S. The number of ether oxygens (including phenoxy) is 2. The van der Waals surface area contributed by atoms with Crippen LogP contribution in [-0.4, -0.2) is 71.7 Å². The van der Waals surface area contributed by atoms with E-state index in [1.54, 1.807) is 13.0 Å². The molecule has 2 aliphatic rings. The van der Waals surface area contributed by atoms with Crippen LogP contribution in [0, 0.1) is 6.92 Å². The van der Waals surface area contributed by atoms with Gasteiger partial charge < -0.3 is 24.2 Å². The number of aromatic nitrogens is 2. The third kappa shape index (κ3) is 7.79. The first kappa shape index (κ1) is 26.6. The Bertz CT molecular complexity index is 995. The quantitative estimate of drug-likeness (QED) is 0.486. The first-order valence-corrected chi connectivity index (χ1v) is 12.8. The van der Waals surface area contributed by atoms with Gasteiger partial charge in [-0.3, -0.25) is 4.79 Å². The minimum atomic E-state index is -4.39. The number of carbonyl (C=O) groups is 1. The van der Waals surface area contributed by atoms with Crippen molar-refractivity contribution in [2.24, 2.45) is 0 Å². The van der Waals surface area contributed by atoms with Crippen LogP contribution in [0.2, 0.25) is 0 Å². The molecule has 0 radical (unpaired) electrons. The van der Waals surface area contributed by atoms with Crippen molar-refractivity contribution in [3.8, 4) is 11.1 Å². The molecule has 1 amide bonds. The first-order chi connectivity index (χ1) is 17.1. The Hall–Kier alpha value is -2.41. The topological polar surface area (TPSA) is 89.7 Å². The minimum absolute atomic E-state index is 0.0529. The molecule has 0 spiro atoms. The van der Waals surface area contributed by atoms with Crippen molar-refractivity contribution in [2.45, 2.75) is 69.8 Å². The second-order valence-electron chi connectivity index (χ2n) is 9.40. The van der Waals surface area contributed by atoms with Crippen molar-refractivity contribution >= 4 is 17.2 Å². The average Bonchev–Trinajstić information content (AvgIpc) is 3.37. The van der Waals surface area contributed by atoms with E-state index in [2.05, 4.69) is 20.4 Å². The molecule has 1 N–H and O–H groups in total. The predicted molar refractivity (Wildman–Crippen MR) is 123 cm³/mol. The van der Waals surface area contributed by atoms with Gasteiger partial charge in [0.1, 0.15) is 11.4 Å². The van der Waals surface area contributed by atoms with Crippen molar-refractivity contribution < 1.29 is 36.4 Å². The summed E-state index contributed by atoms with van der Waals surface area (Å²) < 4.78 is 67.5. The first-order valence-electron chi connectivity index (χ1n) is 12.0. The Balaban J connectivity index is 1.15. The second kappa shape index (κ2) is 11.3. The summed E-state index contributed by atoms with van der Waals surface area (Å²) in [7, 11) is 0. The molecule has 13 heteroatoms. The highest BCUT2D eigenvalue weighted by Gasteiger charge is 2.36. The van der Waals surface area contributed by atoms with E-state index in [-0.39, 0.29) is 29.6 Å². The maximum absolute atomic E-state index is 15.4. The Kier molecular flexibility index (Phi) is 8.38. The molecule has 1 fully saturated rings. The van der Waals surface area contributed by atoms with Crippen LogP contribution in [-0.2, 0) is 17.6 Å². The summed E-state index contributed by atoms with van der Waals surface area (Å²) in [5.74, 6) is 0.571. The monoisotopic (exact) mass is 534 g/mol. The average molecular weight is 535 g/mol. The molecule has 1 saturated carbocycles. The molecule has 1 aliphatic heterocycles. The molecule has 0 atom stereocenters. The van der Waals surface area contributed by atoms with E-state index in [1.165, 1.54) is 0 Å². The fraction of sp³-hybridized carbons (Fsp3) is 0.696. The number of halogens is 4. The molecule has 0 unspecified atom stereocenters. The number of nitrogens with zero attached hydrogens (tertiary/aromatic N) is 3. The number of carbonyl (C=O) groups excluding carboxylic acids is 1. The molecular weight excluding hydrogens is 504 g/mol. The summed E-state index contributed by atoms with van der Waals surface area (Å²) in [5.41, 5.74) is -0.502. The number of nitrogens with one attached hydrogen (secondary N) is 1. The van der Waals surface area contributed by atoms with Gasteiger partial charge in [-0.15, -0.1) is 0 Å². The highest BCUT2D eigenvalue weighted by atomic mass is 32.1. The number of hydrogen-bond donors (Lipinski definition) is 1. The number of alkyl halides is 4. The van der Waals surface area contributed by atoms with E-state index in [0.717, 1.165) is 21.9 Å². The van der Waals surface area contributed by atoms with Gasteiger partial charge in [-0.25, -0.2) is 9.37 Å². The molecule has 200 valence electrons. The van der Waals surface area contributed by atoms with Crippen molar-refractivity contribution in [2.75, 3.05) is 32.8 Å². The molecule has 8 nitrogen and oxygen atoms in total. The van der Waals surface area contributed by atoms with Gasteiger partial charge in [-0.1, -0.05) is 11.3 Å². The smallest absolute Gasteiger partial charge is 0.422 e. The Morgan fingerprint density at radius 1 is 1.28 bits per heavy atom. The summed E-state index contributed by atoms with van der Waals surface area (Å²) in [6.45, 7) is 2.19. The number of hydrogen-bond acceptors (Lipinski definition) is 8. The summed E-state index contributed by atoms with van der Waals surface area (Å²) in [5, 5.41) is 6.62. The zero-order valence-electron chi connectivity index (χ0n) is 20.0. The maximum Gasteiger partial charge on any atom is 0.422 e. The lowest BCUT2D eigenvalue weighted by Crippen LogP contribution is -2.44. The second-order valence-corrected chi connectivity index (χ2v) is 10.4. The van der Waals surface area contributed by atoms with Gasteiger partial charge in [0.05, 0.1) is 5.69 Å². The van der Waals surface area contributed by atoms with E-state index < -0.39 is 18.5 Å². The van der Waals surface area contributed by atoms with Crippen LogP contribution in [0.4, 0.5) is 17.6 Å². The number of amides is 1. The van der Waals surface area contributed by atoms with E-state index in [1.807, 2.05) is 0 Å². The molecule has 4 rings (SSSR count). The fourth-order valence-electron chi connectivity index (χ4n) is 4.52. The van der Waals surface area contributed by atoms with Crippen molar-refractivity contribution in [1.29, 1.82) is 0 Å². The zero-order valence-corrected chi connectivity index (χ0v) is 20.9. The van der Waals surface area contributed by atoms with Gasteiger partial charge in [-0.2, -0.15) is 13.2 Å². The van der Waals surface area contributed by atoms with E-state index in [4.69, 9.17) is 14.0 Å². The molecule has 0 aromatic carbocycles. The van der Waals surface area contributed by atoms with Gasteiger partial charge in [-0.05, 0) is 50.6 Å². The summed E-state index contributed by atoms with van der Waals surface area (Å²) >= 11 is 1.16. The van der Waals surface area contributed by atoms with E-state index in [9.17, 15) is 18.0 Å². The van der Waals surface area contributed by atoms with Crippen LogP contribution in [0.3, 0.4) is 0 Å². The number of fused-ring (bicyclic) bond motifs is 1. The SMILES string of the molecule is Cc1cc(OCC(=O)N[C@H]2CC[C@](F)(CCN3CCc4nc(OCC(F)(F)F)sc4CC3)CC2)no1. The Labute approximate surface area is 210 Å². The Morgan fingerprint density at radius 3 is 2.72 bits per heavy atom. The molecule has 0 bridgehead atoms. The normalized spacial score (nSPS) is 23.1. The minimum Gasteiger partial charge on any atom is -0.465 e. The van der Waals surface area contributed by atoms with Crippen LogP contribution in [0.5, 0.6) is 11.1 Å². The van der Waals surface area contributed by atoms with Gasteiger partial charge in [0.25, 0.3) is 17.0 Å². The van der Waals surface area contributed by atoms with Crippen LogP contribution >= 0.6 is 11.3 Å². The largest absolute Gasteiger partial charge is 0.465 e. The molecule has 0 saturated heterocycles. The molecule has 36 heavy (non-hydrogen) atoms. The van der Waals surface area contributed by atoms with E-state index in [0.29, 0.717) is 70.3 Å². The van der Waals surface area contributed by atoms with Crippen molar-refractivity contribution in [1.82, 2.24) is 20.4 Å². The van der Waals surface area contributed by atoms with Gasteiger partial charge >= 0.3 is 6.18 Å². The zero-order chi connectivity index (χ0) is 25.8. The molecule has 2 aromatic heterocycles. The van der Waals surface area contributed by atoms with Crippen LogP contribution in [0.1, 0.15) is 48.4 Å². The van der Waals surface area contributed by atoms with E-state index >= 15 is 4.39 Å². The standard InChI is InChI=1S/C23H30F4N4O4S/c1-15-12-20(30-35-15)33-13-19(32)28-16-2-6-22(24,7-3-16)8-11-31-9-4-17-18(5-10-31)36-21(29-17)34-14-23(25,26)27/h12,16H,2-11,13-14H2,1H3,(H,28,32)/t16-,22+. The maximum atomic E-state index is 15.4. The Morgan fingerprint density at radius 2 is 2.03 bits per heavy atom. The third-order valence-electron chi connectivity index (χ3n) is 6.52. The van der Waals surface area contributed by atoms with Crippen LogP contribution in [0.15, 0.2) is 10.6 Å². The van der Waals surface area contributed by atoms with Crippen LogP contribution < -0.4 is 14.8 Å². The van der Waals surface area contributed by atoms with Gasteiger partial charge in [0.15, 0.2) is 13.2 Å². The highest BCUT2D eigenvalue weighted by Crippen LogP contribution is 2.36. The number of aryl methyl sites for hydroxylation is 1. The summed E-state index contributed by atoms with van der Waals surface area (Å²) in [4.78, 5) is 19.5. The van der Waals surface area contributed by atoms with Crippen LogP contribution in [0.25, 0.3) is 0 Å². The molecule has 1 aliphatic carbocycles. The molecule has 2 aromatic rings. The number of thiazole rings is 1. The van der Waals surface area contributed by atoms with Crippen molar-refractivity contribution in [3.05, 3.63) is 22.4 Å². The lowest BCUT2D eigenvalue weighted by Gasteiger charge is -2.35. The lowest BCUT2D eigenvalue weighted by molar-refractivity contribution is -0.153. The summed E-state index contributed by atoms with van der Waals surface area (Å²) in [6.07, 6.45) is -0.840. The highest BCUT2D eigenvalue weighted by molar-refractivity contribution is 7.13. The molecule has 3 heterocycles.